The normalized spacial score (nSPS) is 15.1. The maximum absolute atomic E-state index is 13.6. The van der Waals surface area contributed by atoms with Gasteiger partial charge in [-0.3, -0.25) is 0 Å². The lowest BCUT2D eigenvalue weighted by Gasteiger charge is -2.30. The Morgan fingerprint density at radius 3 is 2.35 bits per heavy atom. The molecule has 1 aliphatic heterocycles. The predicted octanol–water partition coefficient (Wildman–Crippen LogP) is 6.12. The highest BCUT2D eigenvalue weighted by Crippen LogP contribution is 2.38. The molecule has 0 N–H and O–H groups in total. The minimum absolute atomic E-state index is 0.0299. The van der Waals surface area contributed by atoms with Gasteiger partial charge in [-0.1, -0.05) is 23.2 Å². The summed E-state index contributed by atoms with van der Waals surface area (Å²) >= 11 is 12.1. The molecule has 1 saturated heterocycles. The summed E-state index contributed by atoms with van der Waals surface area (Å²) in [4.78, 5) is 2.05. The Morgan fingerprint density at radius 2 is 1.71 bits per heavy atom. The number of piperidine rings is 1. The van der Waals surface area contributed by atoms with Crippen LogP contribution in [-0.2, 0) is 10.0 Å². The zero-order valence-corrected chi connectivity index (χ0v) is 18.9. The van der Waals surface area contributed by atoms with Gasteiger partial charge in [0.2, 0.25) is 0 Å². The Labute approximate surface area is 189 Å². The van der Waals surface area contributed by atoms with Crippen LogP contribution < -0.4 is 9.64 Å². The summed E-state index contributed by atoms with van der Waals surface area (Å²) in [5, 5.41) is 0.189. The molecule has 0 aliphatic carbocycles. The van der Waals surface area contributed by atoms with Crippen LogP contribution in [0.5, 0.6) is 5.75 Å². The molecule has 0 amide bonds. The van der Waals surface area contributed by atoms with Gasteiger partial charge in [0.25, 0.3) is 16.4 Å². The van der Waals surface area contributed by atoms with E-state index in [0.29, 0.717) is 11.4 Å². The smallest absolute Gasteiger partial charge is 0.268 e. The Balaban J connectivity index is 1.89. The van der Waals surface area contributed by atoms with Crippen LogP contribution >= 0.6 is 23.2 Å². The number of fused-ring (bicyclic) bond motifs is 1. The molecule has 166 valence electrons. The molecular formula is C21H20Cl2F2N2O3S. The van der Waals surface area contributed by atoms with Gasteiger partial charge < -0.3 is 9.64 Å². The molecule has 0 bridgehead atoms. The summed E-state index contributed by atoms with van der Waals surface area (Å²) in [5.74, 6) is 0.557. The molecule has 0 radical (unpaired) electrons. The van der Waals surface area contributed by atoms with Crippen molar-refractivity contribution in [2.24, 2.45) is 0 Å². The molecular weight excluding hydrogens is 469 g/mol. The van der Waals surface area contributed by atoms with Gasteiger partial charge in [-0.05, 0) is 49.6 Å². The first-order valence-electron chi connectivity index (χ1n) is 9.70. The zero-order chi connectivity index (χ0) is 22.3. The monoisotopic (exact) mass is 488 g/mol. The molecule has 0 spiro atoms. The minimum Gasteiger partial charge on any atom is -0.495 e. The Hall–Kier alpha value is -2.03. The first-order valence-corrected chi connectivity index (χ1v) is 11.9. The van der Waals surface area contributed by atoms with Crippen molar-refractivity contribution in [1.29, 1.82) is 0 Å². The number of alkyl halides is 2. The topological polar surface area (TPSA) is 51.5 Å². The van der Waals surface area contributed by atoms with Gasteiger partial charge in [0.15, 0.2) is 0 Å². The van der Waals surface area contributed by atoms with Crippen molar-refractivity contribution < 1.29 is 21.9 Å². The van der Waals surface area contributed by atoms with E-state index in [4.69, 9.17) is 27.9 Å². The van der Waals surface area contributed by atoms with Crippen LogP contribution in [0, 0.1) is 0 Å². The fraction of sp³-hybridized carbons (Fsp3) is 0.333. The van der Waals surface area contributed by atoms with E-state index in [-0.39, 0.29) is 25.8 Å². The minimum atomic E-state index is -4.19. The second kappa shape index (κ2) is 8.48. The van der Waals surface area contributed by atoms with Crippen LogP contribution in [0.15, 0.2) is 41.4 Å². The Bertz CT molecular complexity index is 1240. The van der Waals surface area contributed by atoms with Crippen molar-refractivity contribution in [3.63, 3.8) is 0 Å². The number of rotatable bonds is 5. The van der Waals surface area contributed by atoms with E-state index in [1.807, 2.05) is 0 Å². The van der Waals surface area contributed by atoms with Crippen LogP contribution in [-0.4, -0.2) is 32.6 Å². The summed E-state index contributed by atoms with van der Waals surface area (Å²) in [7, 11) is -2.67. The number of hydrogen-bond donors (Lipinski definition) is 0. The van der Waals surface area contributed by atoms with E-state index in [1.54, 1.807) is 6.07 Å². The first-order chi connectivity index (χ1) is 14.7. The summed E-state index contributed by atoms with van der Waals surface area (Å²) in [6.45, 7) is 1.58. The molecule has 3 aromatic rings. The summed E-state index contributed by atoms with van der Waals surface area (Å²) in [6, 6.07) is 7.08. The highest BCUT2D eigenvalue weighted by molar-refractivity contribution is 7.90. The average molecular weight is 489 g/mol. The summed E-state index contributed by atoms with van der Waals surface area (Å²) < 4.78 is 60.5. The largest absolute Gasteiger partial charge is 0.495 e. The van der Waals surface area contributed by atoms with Crippen LogP contribution in [0.3, 0.4) is 0 Å². The van der Waals surface area contributed by atoms with E-state index in [1.165, 1.54) is 31.4 Å². The van der Waals surface area contributed by atoms with Crippen LogP contribution in [0.2, 0.25) is 10.0 Å². The molecule has 2 aromatic carbocycles. The van der Waals surface area contributed by atoms with E-state index >= 15 is 0 Å². The lowest BCUT2D eigenvalue weighted by Crippen LogP contribution is -2.30. The second-order valence-electron chi connectivity index (χ2n) is 7.35. The third kappa shape index (κ3) is 3.97. The summed E-state index contributed by atoms with van der Waals surface area (Å²) in [5.41, 5.74) is 0.275. The highest BCUT2D eigenvalue weighted by atomic mass is 35.5. The number of hydrogen-bond acceptors (Lipinski definition) is 4. The number of aromatic nitrogens is 1. The first kappa shape index (κ1) is 22.2. The molecule has 2 heterocycles. The van der Waals surface area contributed by atoms with Crippen LogP contribution in [0.4, 0.5) is 14.5 Å². The average Bonchev–Trinajstić information content (AvgIpc) is 3.13. The van der Waals surface area contributed by atoms with Crippen LogP contribution in [0.25, 0.3) is 10.9 Å². The van der Waals surface area contributed by atoms with Gasteiger partial charge in [0.05, 0.1) is 33.3 Å². The molecule has 10 heteroatoms. The quantitative estimate of drug-likeness (QED) is 0.433. The van der Waals surface area contributed by atoms with Gasteiger partial charge in [-0.15, -0.1) is 0 Å². The van der Waals surface area contributed by atoms with Crippen molar-refractivity contribution in [3.05, 3.63) is 52.1 Å². The number of halogens is 4. The van der Waals surface area contributed by atoms with Gasteiger partial charge in [-0.2, -0.15) is 0 Å². The van der Waals surface area contributed by atoms with E-state index in [0.717, 1.165) is 42.5 Å². The maximum atomic E-state index is 13.6. The Morgan fingerprint density at radius 1 is 1.03 bits per heavy atom. The van der Waals surface area contributed by atoms with Gasteiger partial charge in [0, 0.05) is 30.2 Å². The number of anilines is 1. The third-order valence-corrected chi connectivity index (χ3v) is 7.87. The summed E-state index contributed by atoms with van der Waals surface area (Å²) in [6.07, 6.45) is 1.17. The standard InChI is InChI=1S/C21H20Cl2F2N2O3S/c1-30-20-6-5-13(9-19(20)26-7-3-2-4-8-26)31(28,29)27-12-15(21(24)25)14-10-16(22)17(23)11-18(14)27/h5-6,9-12,21H,2-4,7-8H2,1H3. The van der Waals surface area contributed by atoms with E-state index < -0.39 is 22.0 Å². The van der Waals surface area contributed by atoms with Crippen LogP contribution in [0.1, 0.15) is 31.3 Å². The molecule has 5 nitrogen and oxygen atoms in total. The number of nitrogens with zero attached hydrogens (tertiary/aromatic N) is 2. The lowest BCUT2D eigenvalue weighted by molar-refractivity contribution is 0.153. The molecule has 31 heavy (non-hydrogen) atoms. The molecule has 1 aromatic heterocycles. The van der Waals surface area contributed by atoms with E-state index in [2.05, 4.69) is 4.90 Å². The van der Waals surface area contributed by atoms with Crippen molar-refractivity contribution in [3.8, 4) is 5.75 Å². The van der Waals surface area contributed by atoms with Crippen molar-refractivity contribution in [2.45, 2.75) is 30.6 Å². The van der Waals surface area contributed by atoms with Crippen molar-refractivity contribution in [2.75, 3.05) is 25.1 Å². The maximum Gasteiger partial charge on any atom is 0.268 e. The molecule has 1 fully saturated rings. The van der Waals surface area contributed by atoms with Gasteiger partial charge in [-0.25, -0.2) is 21.2 Å². The zero-order valence-electron chi connectivity index (χ0n) is 16.6. The molecule has 4 rings (SSSR count). The fourth-order valence-electron chi connectivity index (χ4n) is 3.91. The molecule has 1 aliphatic rings. The number of methoxy groups -OCH3 is 1. The molecule has 0 unspecified atom stereocenters. The second-order valence-corrected chi connectivity index (χ2v) is 9.98. The van der Waals surface area contributed by atoms with Crippen molar-refractivity contribution >= 4 is 49.8 Å². The predicted molar refractivity (Wildman–Crippen MR) is 119 cm³/mol. The van der Waals surface area contributed by atoms with Crippen molar-refractivity contribution in [1.82, 2.24) is 3.97 Å². The SMILES string of the molecule is COc1ccc(S(=O)(=O)n2cc(C(F)F)c3cc(Cl)c(Cl)cc32)cc1N1CCCCC1. The van der Waals surface area contributed by atoms with Gasteiger partial charge in [0.1, 0.15) is 5.75 Å². The number of ether oxygens (including phenoxy) is 1. The van der Waals surface area contributed by atoms with Gasteiger partial charge >= 0.3 is 0 Å². The fourth-order valence-corrected chi connectivity index (χ4v) is 5.63. The Kier molecular flexibility index (Phi) is 6.07. The lowest BCUT2D eigenvalue weighted by atomic mass is 10.1. The number of benzene rings is 2. The highest BCUT2D eigenvalue weighted by Gasteiger charge is 2.27. The molecule has 0 saturated carbocycles. The third-order valence-electron chi connectivity index (χ3n) is 5.48. The van der Waals surface area contributed by atoms with E-state index in [9.17, 15) is 17.2 Å². The molecule has 0 atom stereocenters.